The lowest BCUT2D eigenvalue weighted by atomic mass is 9.95. The summed E-state index contributed by atoms with van der Waals surface area (Å²) >= 11 is 1.07. The van der Waals surface area contributed by atoms with Gasteiger partial charge in [-0.15, -0.1) is 0 Å². The molecule has 0 aliphatic carbocycles. The summed E-state index contributed by atoms with van der Waals surface area (Å²) < 4.78 is 17.8. The normalized spacial score (nSPS) is 15.1. The van der Waals surface area contributed by atoms with Crippen molar-refractivity contribution < 1.29 is 29.0 Å². The van der Waals surface area contributed by atoms with E-state index in [1.165, 1.54) is 43.1 Å². The third kappa shape index (κ3) is 4.70. The molecular formula is C25H23N3O8S. The zero-order valence-electron chi connectivity index (χ0n) is 20.4. The first-order chi connectivity index (χ1) is 17.7. The number of nitrogens with zero attached hydrogens (tertiary/aromatic N) is 3. The summed E-state index contributed by atoms with van der Waals surface area (Å²) in [6.07, 6.45) is 1.47. The Hall–Kier alpha value is -4.45. The number of benzene rings is 2. The van der Waals surface area contributed by atoms with Gasteiger partial charge in [0.2, 0.25) is 0 Å². The van der Waals surface area contributed by atoms with Crippen LogP contribution in [0.5, 0.6) is 17.2 Å². The number of hydrogen-bond acceptors (Lipinski definition) is 10. The van der Waals surface area contributed by atoms with Crippen molar-refractivity contribution in [1.29, 1.82) is 0 Å². The highest BCUT2D eigenvalue weighted by Gasteiger charge is 2.35. The number of allylic oxidation sites excluding steroid dienone is 1. The number of carbonyl (C=O) groups is 1. The summed E-state index contributed by atoms with van der Waals surface area (Å²) in [7, 11) is 2.99. The predicted molar refractivity (Wildman–Crippen MR) is 135 cm³/mol. The SMILES string of the molecule is CCOC(=O)C1=C(C)N=c2s/c(=C\c3ccc(O)c([N+](=O)[O-])c3)c(=O)n2[C@@H]1c1ccc(OC)cc1OC. The number of nitro groups is 1. The van der Waals surface area contributed by atoms with Gasteiger partial charge in [0.1, 0.15) is 17.5 Å². The van der Waals surface area contributed by atoms with Crippen molar-refractivity contribution in [2.75, 3.05) is 20.8 Å². The molecule has 1 aromatic heterocycles. The van der Waals surface area contributed by atoms with E-state index in [4.69, 9.17) is 14.2 Å². The average molecular weight is 526 g/mol. The van der Waals surface area contributed by atoms with E-state index in [1.807, 2.05) is 0 Å². The summed E-state index contributed by atoms with van der Waals surface area (Å²) in [6, 6.07) is 7.97. The predicted octanol–water partition coefficient (Wildman–Crippen LogP) is 2.43. The number of phenolic OH excluding ortho intramolecular Hbond substituents is 1. The number of nitro benzene ring substituents is 1. The van der Waals surface area contributed by atoms with E-state index in [9.17, 15) is 24.8 Å². The molecule has 2 aromatic carbocycles. The fourth-order valence-electron chi connectivity index (χ4n) is 4.06. The molecule has 0 saturated heterocycles. The van der Waals surface area contributed by atoms with Crippen molar-refractivity contribution in [3.05, 3.63) is 88.6 Å². The second kappa shape index (κ2) is 10.3. The smallest absolute Gasteiger partial charge is 0.338 e. The van der Waals surface area contributed by atoms with Crippen LogP contribution in [0, 0.1) is 10.1 Å². The Kier molecular flexibility index (Phi) is 7.11. The van der Waals surface area contributed by atoms with Crippen molar-refractivity contribution in [2.45, 2.75) is 19.9 Å². The van der Waals surface area contributed by atoms with E-state index in [0.29, 0.717) is 33.1 Å². The van der Waals surface area contributed by atoms with Crippen LogP contribution in [-0.2, 0) is 9.53 Å². The number of hydrogen-bond donors (Lipinski definition) is 1. The average Bonchev–Trinajstić information content (AvgIpc) is 3.17. The van der Waals surface area contributed by atoms with Gasteiger partial charge in [0.05, 0.1) is 41.6 Å². The molecule has 0 bridgehead atoms. The van der Waals surface area contributed by atoms with E-state index in [2.05, 4.69) is 4.99 Å². The Balaban J connectivity index is 1.98. The van der Waals surface area contributed by atoms with Crippen LogP contribution in [0.2, 0.25) is 0 Å². The van der Waals surface area contributed by atoms with Gasteiger partial charge in [0, 0.05) is 17.7 Å². The molecule has 1 N–H and O–H groups in total. The maximum atomic E-state index is 13.7. The molecule has 0 fully saturated rings. The molecule has 1 aliphatic rings. The molecule has 1 aliphatic heterocycles. The zero-order valence-corrected chi connectivity index (χ0v) is 21.2. The molecule has 192 valence electrons. The lowest BCUT2D eigenvalue weighted by molar-refractivity contribution is -0.385. The number of ether oxygens (including phenoxy) is 3. The quantitative estimate of drug-likeness (QED) is 0.282. The first-order valence-corrected chi connectivity index (χ1v) is 11.9. The van der Waals surface area contributed by atoms with Gasteiger partial charge in [-0.05, 0) is 43.7 Å². The van der Waals surface area contributed by atoms with E-state index in [0.717, 1.165) is 11.3 Å². The van der Waals surface area contributed by atoms with Gasteiger partial charge < -0.3 is 19.3 Å². The summed E-state index contributed by atoms with van der Waals surface area (Å²) in [5.74, 6) is -0.176. The number of aromatic nitrogens is 1. The second-order valence-corrected chi connectivity index (χ2v) is 8.92. The van der Waals surface area contributed by atoms with E-state index in [-0.39, 0.29) is 16.7 Å². The Morgan fingerprint density at radius 3 is 2.65 bits per heavy atom. The number of carbonyl (C=O) groups excluding carboxylic acids is 1. The molecule has 2 heterocycles. The molecule has 0 radical (unpaired) electrons. The maximum absolute atomic E-state index is 13.7. The Morgan fingerprint density at radius 2 is 2.00 bits per heavy atom. The fraction of sp³-hybridized carbons (Fsp3) is 0.240. The molecule has 12 heteroatoms. The van der Waals surface area contributed by atoms with Gasteiger partial charge in [-0.2, -0.15) is 0 Å². The molecule has 37 heavy (non-hydrogen) atoms. The minimum Gasteiger partial charge on any atom is -0.502 e. The third-order valence-corrected chi connectivity index (χ3v) is 6.73. The molecule has 0 amide bonds. The van der Waals surface area contributed by atoms with Crippen molar-refractivity contribution in [2.24, 2.45) is 4.99 Å². The van der Waals surface area contributed by atoms with Crippen molar-refractivity contribution >= 4 is 29.1 Å². The minimum absolute atomic E-state index is 0.131. The lowest BCUT2D eigenvalue weighted by Gasteiger charge is -2.26. The fourth-order valence-corrected chi connectivity index (χ4v) is 5.10. The summed E-state index contributed by atoms with van der Waals surface area (Å²) in [6.45, 7) is 3.48. The lowest BCUT2D eigenvalue weighted by Crippen LogP contribution is -2.40. The van der Waals surface area contributed by atoms with E-state index < -0.39 is 33.9 Å². The summed E-state index contributed by atoms with van der Waals surface area (Å²) in [5, 5.41) is 21.0. The van der Waals surface area contributed by atoms with Gasteiger partial charge in [0.15, 0.2) is 10.6 Å². The number of methoxy groups -OCH3 is 2. The molecule has 0 saturated carbocycles. The molecule has 0 spiro atoms. The Bertz CT molecular complexity index is 1620. The second-order valence-electron chi connectivity index (χ2n) is 7.92. The van der Waals surface area contributed by atoms with E-state index in [1.54, 1.807) is 32.0 Å². The minimum atomic E-state index is -0.910. The zero-order chi connectivity index (χ0) is 26.9. The number of fused-ring (bicyclic) bond motifs is 1. The van der Waals surface area contributed by atoms with Gasteiger partial charge in [-0.3, -0.25) is 19.5 Å². The standard InChI is InChI=1S/C25H23N3O8S/c1-5-36-24(31)21-13(2)26-25-27(22(21)16-8-7-15(34-3)12-19(16)35-4)23(30)20(37-25)11-14-6-9-18(29)17(10-14)28(32)33/h6-12,22,29H,5H2,1-4H3/b20-11-/t22-/m1/s1. The number of rotatable bonds is 7. The number of esters is 1. The van der Waals surface area contributed by atoms with Crippen LogP contribution in [0.3, 0.4) is 0 Å². The van der Waals surface area contributed by atoms with Crippen LogP contribution in [0.1, 0.15) is 31.0 Å². The van der Waals surface area contributed by atoms with Crippen molar-refractivity contribution in [3.63, 3.8) is 0 Å². The van der Waals surface area contributed by atoms with Crippen LogP contribution in [0.4, 0.5) is 5.69 Å². The van der Waals surface area contributed by atoms with Crippen LogP contribution in [-0.4, -0.2) is 41.4 Å². The Morgan fingerprint density at radius 1 is 1.24 bits per heavy atom. The molecule has 0 unspecified atom stereocenters. The third-order valence-electron chi connectivity index (χ3n) is 5.75. The van der Waals surface area contributed by atoms with E-state index >= 15 is 0 Å². The monoisotopic (exact) mass is 525 g/mol. The molecule has 3 aromatic rings. The van der Waals surface area contributed by atoms with Gasteiger partial charge in [-0.1, -0.05) is 17.4 Å². The van der Waals surface area contributed by atoms with Crippen molar-refractivity contribution in [1.82, 2.24) is 4.57 Å². The first kappa shape index (κ1) is 25.6. The van der Waals surface area contributed by atoms with Gasteiger partial charge in [0.25, 0.3) is 5.56 Å². The van der Waals surface area contributed by atoms with Crippen molar-refractivity contribution in [3.8, 4) is 17.2 Å². The molecule has 4 rings (SSSR count). The maximum Gasteiger partial charge on any atom is 0.338 e. The van der Waals surface area contributed by atoms with Crippen LogP contribution in [0.25, 0.3) is 6.08 Å². The first-order valence-electron chi connectivity index (χ1n) is 11.1. The number of phenols is 1. The molecular weight excluding hydrogens is 502 g/mol. The summed E-state index contributed by atoms with van der Waals surface area (Å²) in [5.41, 5.74) is 0.488. The summed E-state index contributed by atoms with van der Waals surface area (Å²) in [4.78, 5) is 42.1. The van der Waals surface area contributed by atoms with Crippen LogP contribution in [0.15, 0.2) is 57.5 Å². The topological polar surface area (TPSA) is 142 Å². The van der Waals surface area contributed by atoms with Crippen LogP contribution >= 0.6 is 11.3 Å². The number of aromatic hydroxyl groups is 1. The highest BCUT2D eigenvalue weighted by Crippen LogP contribution is 2.37. The largest absolute Gasteiger partial charge is 0.502 e. The van der Waals surface area contributed by atoms with Gasteiger partial charge in [-0.25, -0.2) is 9.79 Å². The number of thiazole rings is 1. The highest BCUT2D eigenvalue weighted by molar-refractivity contribution is 7.07. The van der Waals surface area contributed by atoms with Gasteiger partial charge >= 0.3 is 11.7 Å². The molecule has 11 nitrogen and oxygen atoms in total. The highest BCUT2D eigenvalue weighted by atomic mass is 32.1. The van der Waals surface area contributed by atoms with Crippen LogP contribution < -0.4 is 24.4 Å². The molecule has 1 atom stereocenters. The Labute approximate surface area is 214 Å².